The Morgan fingerprint density at radius 2 is 2.29 bits per heavy atom. The second kappa shape index (κ2) is 3.71. The highest BCUT2D eigenvalue weighted by Gasteiger charge is 2.28. The molecule has 0 saturated carbocycles. The third-order valence-electron chi connectivity index (χ3n) is 3.01. The summed E-state index contributed by atoms with van der Waals surface area (Å²) in [5.74, 6) is 0. The van der Waals surface area contributed by atoms with Crippen LogP contribution in [0.4, 0.5) is 0 Å². The topological polar surface area (TPSA) is 38.0 Å². The molecule has 0 spiro atoms. The van der Waals surface area contributed by atoms with Gasteiger partial charge in [0.25, 0.3) is 0 Å². The normalized spacial score (nSPS) is 27.6. The van der Waals surface area contributed by atoms with Gasteiger partial charge >= 0.3 is 0 Å². The maximum Gasteiger partial charge on any atom is 0.0536 e. The van der Waals surface area contributed by atoms with E-state index in [9.17, 15) is 0 Å². The molecule has 1 aromatic rings. The lowest BCUT2D eigenvalue weighted by Crippen LogP contribution is -2.49. The molecule has 0 radical (unpaired) electrons. The first-order valence-electron chi connectivity index (χ1n) is 5.27. The van der Waals surface area contributed by atoms with Crippen LogP contribution in [0.15, 0.2) is 24.3 Å². The number of benzene rings is 1. The summed E-state index contributed by atoms with van der Waals surface area (Å²) >= 11 is 0. The first-order valence-corrected chi connectivity index (χ1v) is 5.27. The van der Waals surface area contributed by atoms with Gasteiger partial charge in [-0.05, 0) is 31.9 Å². The molecule has 1 unspecified atom stereocenters. The molecular formula is C12H18N2. The largest absolute Gasteiger partial charge is 0.320 e. The second-order valence-electron chi connectivity index (χ2n) is 4.31. The third kappa shape index (κ3) is 1.81. The number of rotatable bonds is 1. The SMILES string of the molecule is Cc1cccc(C2(N)CCCNC2)c1. The minimum Gasteiger partial charge on any atom is -0.320 e. The highest BCUT2D eigenvalue weighted by atomic mass is 15.0. The molecule has 1 atom stereocenters. The summed E-state index contributed by atoms with van der Waals surface area (Å²) in [7, 11) is 0. The molecule has 1 saturated heterocycles. The van der Waals surface area contributed by atoms with Crippen molar-refractivity contribution in [3.05, 3.63) is 35.4 Å². The zero-order valence-electron chi connectivity index (χ0n) is 8.72. The van der Waals surface area contributed by atoms with Crippen LogP contribution in [0.2, 0.25) is 0 Å². The fourth-order valence-electron chi connectivity index (χ4n) is 2.13. The Labute approximate surface area is 85.5 Å². The Kier molecular flexibility index (Phi) is 2.57. The molecular weight excluding hydrogens is 172 g/mol. The average molecular weight is 190 g/mol. The van der Waals surface area contributed by atoms with Crippen molar-refractivity contribution in [2.45, 2.75) is 25.3 Å². The van der Waals surface area contributed by atoms with E-state index in [4.69, 9.17) is 5.73 Å². The van der Waals surface area contributed by atoms with Gasteiger partial charge in [0.05, 0.1) is 5.54 Å². The minimum atomic E-state index is -0.149. The number of nitrogens with two attached hydrogens (primary N) is 1. The van der Waals surface area contributed by atoms with Crippen molar-refractivity contribution in [2.24, 2.45) is 5.73 Å². The highest BCUT2D eigenvalue weighted by Crippen LogP contribution is 2.25. The Balaban J connectivity index is 2.28. The van der Waals surface area contributed by atoms with Crippen LogP contribution >= 0.6 is 0 Å². The average Bonchev–Trinajstić information content (AvgIpc) is 2.19. The number of hydrogen-bond donors (Lipinski definition) is 2. The molecule has 14 heavy (non-hydrogen) atoms. The van der Waals surface area contributed by atoms with Gasteiger partial charge in [-0.15, -0.1) is 0 Å². The summed E-state index contributed by atoms with van der Waals surface area (Å²) in [5, 5.41) is 3.37. The van der Waals surface area contributed by atoms with Crippen LogP contribution in [0.25, 0.3) is 0 Å². The van der Waals surface area contributed by atoms with Crippen LogP contribution in [0, 0.1) is 6.92 Å². The third-order valence-corrected chi connectivity index (χ3v) is 3.01. The molecule has 0 aromatic heterocycles. The van der Waals surface area contributed by atoms with Crippen LogP contribution in [-0.4, -0.2) is 13.1 Å². The van der Waals surface area contributed by atoms with Gasteiger partial charge in [0.15, 0.2) is 0 Å². The van der Waals surface area contributed by atoms with Gasteiger partial charge in [-0.25, -0.2) is 0 Å². The molecule has 1 aliphatic heterocycles. The van der Waals surface area contributed by atoms with Crippen molar-refractivity contribution < 1.29 is 0 Å². The van der Waals surface area contributed by atoms with Crippen molar-refractivity contribution in [1.82, 2.24) is 5.32 Å². The lowest BCUT2D eigenvalue weighted by molar-refractivity contribution is 0.322. The minimum absolute atomic E-state index is 0.149. The maximum absolute atomic E-state index is 6.39. The molecule has 1 heterocycles. The molecule has 1 aromatic carbocycles. The fraction of sp³-hybridized carbons (Fsp3) is 0.500. The van der Waals surface area contributed by atoms with E-state index in [0.29, 0.717) is 0 Å². The van der Waals surface area contributed by atoms with Gasteiger partial charge < -0.3 is 11.1 Å². The summed E-state index contributed by atoms with van der Waals surface area (Å²) in [5.41, 5.74) is 8.80. The summed E-state index contributed by atoms with van der Waals surface area (Å²) < 4.78 is 0. The first-order chi connectivity index (χ1) is 6.71. The van der Waals surface area contributed by atoms with Crippen LogP contribution in [0.1, 0.15) is 24.0 Å². The Morgan fingerprint density at radius 1 is 1.43 bits per heavy atom. The molecule has 0 aliphatic carbocycles. The lowest BCUT2D eigenvalue weighted by Gasteiger charge is -2.34. The lowest BCUT2D eigenvalue weighted by atomic mass is 9.83. The zero-order valence-corrected chi connectivity index (χ0v) is 8.72. The van der Waals surface area contributed by atoms with Crippen LogP contribution in [0.3, 0.4) is 0 Å². The van der Waals surface area contributed by atoms with Gasteiger partial charge in [0.2, 0.25) is 0 Å². The molecule has 1 aliphatic rings. The molecule has 1 fully saturated rings. The fourth-order valence-corrected chi connectivity index (χ4v) is 2.13. The van der Waals surface area contributed by atoms with E-state index in [0.717, 1.165) is 19.5 Å². The number of piperidine rings is 1. The van der Waals surface area contributed by atoms with Crippen LogP contribution < -0.4 is 11.1 Å². The van der Waals surface area contributed by atoms with E-state index in [-0.39, 0.29) is 5.54 Å². The van der Waals surface area contributed by atoms with Gasteiger partial charge in [0.1, 0.15) is 0 Å². The summed E-state index contributed by atoms with van der Waals surface area (Å²) in [4.78, 5) is 0. The van der Waals surface area contributed by atoms with Crippen molar-refractivity contribution >= 4 is 0 Å². The quantitative estimate of drug-likeness (QED) is 0.705. The second-order valence-corrected chi connectivity index (χ2v) is 4.31. The van der Waals surface area contributed by atoms with Crippen LogP contribution in [-0.2, 0) is 5.54 Å². The van der Waals surface area contributed by atoms with Crippen molar-refractivity contribution in [2.75, 3.05) is 13.1 Å². The highest BCUT2D eigenvalue weighted by molar-refractivity contribution is 5.29. The number of nitrogens with one attached hydrogen (secondary N) is 1. The van der Waals surface area contributed by atoms with E-state index in [1.54, 1.807) is 0 Å². The van der Waals surface area contributed by atoms with Gasteiger partial charge in [0, 0.05) is 6.54 Å². The van der Waals surface area contributed by atoms with Crippen molar-refractivity contribution in [3.63, 3.8) is 0 Å². The van der Waals surface area contributed by atoms with Crippen molar-refractivity contribution in [1.29, 1.82) is 0 Å². The molecule has 0 amide bonds. The van der Waals surface area contributed by atoms with E-state index < -0.39 is 0 Å². The molecule has 2 rings (SSSR count). The van der Waals surface area contributed by atoms with Gasteiger partial charge in [-0.1, -0.05) is 29.8 Å². The van der Waals surface area contributed by atoms with Crippen molar-refractivity contribution in [3.8, 4) is 0 Å². The summed E-state index contributed by atoms with van der Waals surface area (Å²) in [6, 6.07) is 8.55. The molecule has 2 heteroatoms. The zero-order chi connectivity index (χ0) is 10.0. The molecule has 2 nitrogen and oxygen atoms in total. The van der Waals surface area contributed by atoms with E-state index in [2.05, 4.69) is 36.5 Å². The summed E-state index contributed by atoms with van der Waals surface area (Å²) in [6.07, 6.45) is 2.26. The number of hydrogen-bond acceptors (Lipinski definition) is 2. The molecule has 0 bridgehead atoms. The van der Waals surface area contributed by atoms with Gasteiger partial charge in [-0.2, -0.15) is 0 Å². The first kappa shape index (κ1) is 9.69. The number of aryl methyl sites for hydroxylation is 1. The molecule has 3 N–H and O–H groups in total. The van der Waals surface area contributed by atoms with Gasteiger partial charge in [-0.3, -0.25) is 0 Å². The summed E-state index contributed by atoms with van der Waals surface area (Å²) in [6.45, 7) is 4.12. The predicted molar refractivity (Wildman–Crippen MR) is 59.1 cm³/mol. The standard InChI is InChI=1S/C12H18N2/c1-10-4-2-5-11(8-10)12(13)6-3-7-14-9-12/h2,4-5,8,14H,3,6-7,9,13H2,1H3. The van der Waals surface area contributed by atoms with E-state index in [1.165, 1.54) is 17.5 Å². The Bertz CT molecular complexity index is 314. The Hall–Kier alpha value is -0.860. The maximum atomic E-state index is 6.39. The monoisotopic (exact) mass is 190 g/mol. The van der Waals surface area contributed by atoms with E-state index in [1.807, 2.05) is 0 Å². The predicted octanol–water partition coefficient (Wildman–Crippen LogP) is 1.53. The Morgan fingerprint density at radius 3 is 2.93 bits per heavy atom. The molecule has 76 valence electrons. The smallest absolute Gasteiger partial charge is 0.0536 e. The van der Waals surface area contributed by atoms with Crippen LogP contribution in [0.5, 0.6) is 0 Å². The van der Waals surface area contributed by atoms with E-state index >= 15 is 0 Å².